The molecule has 8 heteroatoms. The van der Waals surface area contributed by atoms with E-state index in [1.165, 1.54) is 0 Å². The van der Waals surface area contributed by atoms with Crippen LogP contribution in [0.2, 0.25) is 0 Å². The molecule has 0 aliphatic carbocycles. The monoisotopic (exact) mass is 382 g/mol. The molecule has 0 saturated heterocycles. The number of benzene rings is 1. The van der Waals surface area contributed by atoms with E-state index >= 15 is 0 Å². The fourth-order valence-electron chi connectivity index (χ4n) is 3.37. The van der Waals surface area contributed by atoms with Gasteiger partial charge in [0.05, 0.1) is 41.0 Å². The number of rotatable bonds is 5. The first-order chi connectivity index (χ1) is 13.5. The maximum atomic E-state index is 12.0. The lowest BCUT2D eigenvalue weighted by molar-refractivity contribution is 0.0705. The number of aromatic amines is 2. The highest BCUT2D eigenvalue weighted by Crippen LogP contribution is 2.36. The molecule has 0 saturated carbocycles. The molecule has 0 spiro atoms. The second kappa shape index (κ2) is 7.12. The molecule has 0 atom stereocenters. The number of ether oxygens (including phenoxy) is 3. The first kappa shape index (κ1) is 18.2. The van der Waals surface area contributed by atoms with E-state index in [1.54, 1.807) is 27.2 Å². The van der Waals surface area contributed by atoms with E-state index < -0.39 is 6.16 Å². The van der Waals surface area contributed by atoms with E-state index in [0.29, 0.717) is 5.56 Å². The summed E-state index contributed by atoms with van der Waals surface area (Å²) in [6, 6.07) is 4.00. The Bertz CT molecular complexity index is 1180. The number of imidazole rings is 1. The molecule has 0 aliphatic rings. The molecule has 4 rings (SSSR count). The van der Waals surface area contributed by atoms with Gasteiger partial charge in [0.15, 0.2) is 0 Å². The Morgan fingerprint density at radius 2 is 1.93 bits per heavy atom. The van der Waals surface area contributed by atoms with E-state index in [4.69, 9.17) is 19.2 Å². The minimum Gasteiger partial charge on any atom is -0.431 e. The first-order valence-electron chi connectivity index (χ1n) is 9.20. The van der Waals surface area contributed by atoms with Gasteiger partial charge in [-0.25, -0.2) is 14.8 Å². The fourth-order valence-corrected chi connectivity index (χ4v) is 3.37. The van der Waals surface area contributed by atoms with E-state index in [9.17, 15) is 4.79 Å². The molecule has 2 N–H and O–H groups in total. The molecule has 28 heavy (non-hydrogen) atoms. The van der Waals surface area contributed by atoms with Crippen molar-refractivity contribution in [2.75, 3.05) is 7.11 Å². The summed E-state index contributed by atoms with van der Waals surface area (Å²) in [5.74, 6) is 1.08. The average Bonchev–Trinajstić information content (AvgIpc) is 3.23. The number of nitrogens with zero attached hydrogens (tertiary/aromatic N) is 2. The van der Waals surface area contributed by atoms with Crippen LogP contribution >= 0.6 is 0 Å². The van der Waals surface area contributed by atoms with Gasteiger partial charge in [-0.15, -0.1) is 0 Å². The number of aryl methyl sites for hydroxylation is 1. The van der Waals surface area contributed by atoms with E-state index in [1.807, 2.05) is 12.1 Å². The van der Waals surface area contributed by atoms with Crippen LogP contribution in [0.1, 0.15) is 32.2 Å². The van der Waals surface area contributed by atoms with Crippen molar-refractivity contribution in [3.8, 4) is 5.88 Å². The Kier molecular flexibility index (Phi) is 4.64. The van der Waals surface area contributed by atoms with Gasteiger partial charge < -0.3 is 24.2 Å². The summed E-state index contributed by atoms with van der Waals surface area (Å²) in [4.78, 5) is 27.8. The minimum atomic E-state index is -0.794. The summed E-state index contributed by atoms with van der Waals surface area (Å²) in [6.45, 7) is 5.79. The topological polar surface area (TPSA) is 102 Å². The molecule has 0 unspecified atom stereocenters. The molecule has 0 aliphatic heterocycles. The summed E-state index contributed by atoms with van der Waals surface area (Å²) in [5.41, 5.74) is 4.23. The van der Waals surface area contributed by atoms with Crippen molar-refractivity contribution in [2.24, 2.45) is 0 Å². The highest BCUT2D eigenvalue weighted by atomic mass is 16.7. The highest BCUT2D eigenvalue weighted by Gasteiger charge is 2.21. The lowest BCUT2D eigenvalue weighted by atomic mass is 10.1. The molecule has 3 heterocycles. The summed E-state index contributed by atoms with van der Waals surface area (Å²) < 4.78 is 15.9. The molecule has 8 nitrogen and oxygen atoms in total. The predicted octanol–water partition coefficient (Wildman–Crippen LogP) is 4.23. The summed E-state index contributed by atoms with van der Waals surface area (Å²) in [5, 5.41) is 1.82. The average molecular weight is 382 g/mol. The fraction of sp³-hybridized carbons (Fsp3) is 0.350. The van der Waals surface area contributed by atoms with Gasteiger partial charge in [0, 0.05) is 29.8 Å². The Balaban J connectivity index is 1.97. The van der Waals surface area contributed by atoms with Gasteiger partial charge in [-0.2, -0.15) is 0 Å². The van der Waals surface area contributed by atoms with Crippen LogP contribution in [0.5, 0.6) is 5.88 Å². The maximum Gasteiger partial charge on any atom is 0.515 e. The van der Waals surface area contributed by atoms with Gasteiger partial charge in [-0.3, -0.25) is 0 Å². The van der Waals surface area contributed by atoms with Crippen molar-refractivity contribution in [3.63, 3.8) is 0 Å². The number of hydrogen-bond donors (Lipinski definition) is 2. The molecular weight excluding hydrogens is 360 g/mol. The SMILES string of the molecule is CCc1nc2c(ccc3[nH]c4cnc(OC(=O)OC(C)C)c(COC)c4c32)[nH]1. The second-order valence-electron chi connectivity index (χ2n) is 6.83. The minimum absolute atomic E-state index is 0.171. The molecular formula is C20H22N4O4. The highest BCUT2D eigenvalue weighted by molar-refractivity contribution is 6.19. The molecule has 1 aromatic carbocycles. The van der Waals surface area contributed by atoms with Crippen LogP contribution < -0.4 is 4.74 Å². The standard InChI is InChI=1S/C20H22N4O4/c1-5-15-23-13-7-6-12-17(18(13)24-15)16-11(9-26-4)19(21-8-14(16)22-12)28-20(25)27-10(2)3/h6-8,10,22H,5,9H2,1-4H3,(H,23,24). The summed E-state index contributed by atoms with van der Waals surface area (Å²) >= 11 is 0. The third-order valence-corrected chi connectivity index (χ3v) is 4.50. The van der Waals surface area contributed by atoms with Crippen molar-refractivity contribution in [3.05, 3.63) is 29.7 Å². The Morgan fingerprint density at radius 3 is 2.64 bits per heavy atom. The van der Waals surface area contributed by atoms with Crippen molar-refractivity contribution in [1.29, 1.82) is 0 Å². The number of H-pyrrole nitrogens is 2. The lowest BCUT2D eigenvalue weighted by Crippen LogP contribution is -2.17. The Labute approximate surface area is 161 Å². The van der Waals surface area contributed by atoms with E-state index in [-0.39, 0.29) is 18.6 Å². The molecule has 4 aromatic rings. The number of fused-ring (bicyclic) bond motifs is 5. The first-order valence-corrected chi connectivity index (χ1v) is 9.20. The lowest BCUT2D eigenvalue weighted by Gasteiger charge is -2.11. The van der Waals surface area contributed by atoms with Gasteiger partial charge in [0.2, 0.25) is 5.88 Å². The van der Waals surface area contributed by atoms with Crippen molar-refractivity contribution >= 4 is 39.0 Å². The van der Waals surface area contributed by atoms with Crippen LogP contribution in [-0.2, 0) is 22.5 Å². The molecule has 146 valence electrons. The Morgan fingerprint density at radius 1 is 1.14 bits per heavy atom. The number of aromatic nitrogens is 4. The molecule has 0 amide bonds. The number of carbonyl (C=O) groups excluding carboxylic acids is 1. The third-order valence-electron chi connectivity index (χ3n) is 4.50. The molecule has 0 radical (unpaired) electrons. The van der Waals surface area contributed by atoms with Crippen molar-refractivity contribution in [2.45, 2.75) is 39.9 Å². The van der Waals surface area contributed by atoms with Gasteiger partial charge >= 0.3 is 6.16 Å². The predicted molar refractivity (Wildman–Crippen MR) is 106 cm³/mol. The number of hydrogen-bond acceptors (Lipinski definition) is 6. The van der Waals surface area contributed by atoms with Gasteiger partial charge in [0.1, 0.15) is 5.82 Å². The van der Waals surface area contributed by atoms with Crippen molar-refractivity contribution in [1.82, 2.24) is 19.9 Å². The van der Waals surface area contributed by atoms with Gasteiger partial charge in [-0.1, -0.05) is 6.92 Å². The normalized spacial score (nSPS) is 11.8. The van der Waals surface area contributed by atoms with Crippen LogP contribution in [0, 0.1) is 0 Å². The maximum absolute atomic E-state index is 12.0. The number of carbonyl (C=O) groups is 1. The largest absolute Gasteiger partial charge is 0.515 e. The zero-order valence-electron chi connectivity index (χ0n) is 16.3. The number of pyridine rings is 1. The van der Waals surface area contributed by atoms with E-state index in [2.05, 4.69) is 21.9 Å². The number of nitrogens with one attached hydrogen (secondary N) is 2. The van der Waals surface area contributed by atoms with Crippen LogP contribution in [0.3, 0.4) is 0 Å². The van der Waals surface area contributed by atoms with Gasteiger partial charge in [-0.05, 0) is 26.0 Å². The van der Waals surface area contributed by atoms with Crippen LogP contribution in [0.25, 0.3) is 32.8 Å². The third kappa shape index (κ3) is 3.05. The zero-order chi connectivity index (χ0) is 19.8. The summed E-state index contributed by atoms with van der Waals surface area (Å²) in [7, 11) is 1.59. The summed E-state index contributed by atoms with van der Waals surface area (Å²) in [6.07, 6.45) is 1.37. The second-order valence-corrected chi connectivity index (χ2v) is 6.83. The van der Waals surface area contributed by atoms with E-state index in [0.717, 1.165) is 45.1 Å². The number of methoxy groups -OCH3 is 1. The van der Waals surface area contributed by atoms with Gasteiger partial charge in [0.25, 0.3) is 0 Å². The van der Waals surface area contributed by atoms with Crippen LogP contribution in [-0.4, -0.2) is 39.3 Å². The molecule has 0 bridgehead atoms. The zero-order valence-corrected chi connectivity index (χ0v) is 16.3. The molecule has 0 fully saturated rings. The van der Waals surface area contributed by atoms with Crippen LogP contribution in [0.15, 0.2) is 18.3 Å². The van der Waals surface area contributed by atoms with Crippen LogP contribution in [0.4, 0.5) is 4.79 Å². The van der Waals surface area contributed by atoms with Crippen molar-refractivity contribution < 1.29 is 19.0 Å². The Hall–Kier alpha value is -3.13. The quantitative estimate of drug-likeness (QED) is 0.501. The molecule has 3 aromatic heterocycles. The smallest absolute Gasteiger partial charge is 0.431 e.